The molecule has 2 aromatic rings. The first kappa shape index (κ1) is 11.6. The molecule has 6 N–H and O–H groups in total. The Kier molecular flexibility index (Phi) is 3.36. The molecule has 0 atom stereocenters. The molecule has 17 heavy (non-hydrogen) atoms. The van der Waals surface area contributed by atoms with Crippen LogP contribution in [-0.4, -0.2) is 10.9 Å². The molecule has 0 saturated carbocycles. The summed E-state index contributed by atoms with van der Waals surface area (Å²) in [5, 5.41) is 2.46. The SMILES string of the molecule is NCc1ccccc1-c1csc(N=C(N)N)n1. The summed E-state index contributed by atoms with van der Waals surface area (Å²) in [6.07, 6.45) is 0. The number of nitrogens with two attached hydrogens (primary N) is 3. The predicted octanol–water partition coefficient (Wildman–Crippen LogP) is 1.17. The summed E-state index contributed by atoms with van der Waals surface area (Å²) >= 11 is 1.39. The minimum Gasteiger partial charge on any atom is -0.370 e. The van der Waals surface area contributed by atoms with E-state index in [-0.39, 0.29) is 5.96 Å². The zero-order valence-electron chi connectivity index (χ0n) is 9.13. The molecular weight excluding hydrogens is 234 g/mol. The van der Waals surface area contributed by atoms with E-state index in [0.29, 0.717) is 11.7 Å². The van der Waals surface area contributed by atoms with Gasteiger partial charge in [0, 0.05) is 17.5 Å². The summed E-state index contributed by atoms with van der Waals surface area (Å²) < 4.78 is 0. The number of aromatic nitrogens is 1. The van der Waals surface area contributed by atoms with Crippen molar-refractivity contribution in [3.8, 4) is 11.3 Å². The normalized spacial score (nSPS) is 10.2. The van der Waals surface area contributed by atoms with Gasteiger partial charge in [-0.1, -0.05) is 24.3 Å². The molecule has 88 valence electrons. The van der Waals surface area contributed by atoms with E-state index in [2.05, 4.69) is 9.98 Å². The van der Waals surface area contributed by atoms with Gasteiger partial charge in [-0.05, 0) is 5.56 Å². The Morgan fingerprint density at radius 3 is 2.76 bits per heavy atom. The Morgan fingerprint density at radius 2 is 2.06 bits per heavy atom. The van der Waals surface area contributed by atoms with Crippen molar-refractivity contribution < 1.29 is 0 Å². The molecule has 1 aromatic heterocycles. The Labute approximate surface area is 103 Å². The molecule has 0 aliphatic carbocycles. The van der Waals surface area contributed by atoms with Crippen LogP contribution >= 0.6 is 11.3 Å². The lowest BCUT2D eigenvalue weighted by atomic mass is 10.1. The van der Waals surface area contributed by atoms with Gasteiger partial charge >= 0.3 is 0 Å². The predicted molar refractivity (Wildman–Crippen MR) is 70.9 cm³/mol. The Balaban J connectivity index is 2.40. The molecule has 6 heteroatoms. The summed E-state index contributed by atoms with van der Waals surface area (Å²) in [7, 11) is 0. The zero-order chi connectivity index (χ0) is 12.3. The smallest absolute Gasteiger partial charge is 0.212 e. The van der Waals surface area contributed by atoms with Crippen LogP contribution in [0.15, 0.2) is 34.6 Å². The molecule has 0 bridgehead atoms. The maximum Gasteiger partial charge on any atom is 0.212 e. The van der Waals surface area contributed by atoms with Crippen molar-refractivity contribution in [2.75, 3.05) is 0 Å². The second-order valence-electron chi connectivity index (χ2n) is 3.41. The lowest BCUT2D eigenvalue weighted by Crippen LogP contribution is -2.21. The van der Waals surface area contributed by atoms with Gasteiger partial charge in [-0.3, -0.25) is 0 Å². The van der Waals surface area contributed by atoms with Crippen LogP contribution in [0.4, 0.5) is 5.13 Å². The van der Waals surface area contributed by atoms with Crippen molar-refractivity contribution in [1.82, 2.24) is 4.98 Å². The number of hydrogen-bond donors (Lipinski definition) is 3. The van der Waals surface area contributed by atoms with E-state index in [1.165, 1.54) is 11.3 Å². The third-order valence-corrected chi connectivity index (χ3v) is 2.96. The molecule has 0 saturated heterocycles. The summed E-state index contributed by atoms with van der Waals surface area (Å²) in [4.78, 5) is 8.25. The van der Waals surface area contributed by atoms with Crippen molar-refractivity contribution in [2.45, 2.75) is 6.54 Å². The highest BCUT2D eigenvalue weighted by atomic mass is 32.1. The molecule has 0 fully saturated rings. The molecule has 0 radical (unpaired) electrons. The molecule has 1 heterocycles. The number of guanidine groups is 1. The van der Waals surface area contributed by atoms with E-state index in [9.17, 15) is 0 Å². The third-order valence-electron chi connectivity index (χ3n) is 2.23. The summed E-state index contributed by atoms with van der Waals surface area (Å²) in [5.74, 6) is 0.0120. The fourth-order valence-corrected chi connectivity index (χ4v) is 2.20. The number of hydrogen-bond acceptors (Lipinski definition) is 4. The van der Waals surface area contributed by atoms with E-state index < -0.39 is 0 Å². The Morgan fingerprint density at radius 1 is 1.29 bits per heavy atom. The van der Waals surface area contributed by atoms with Gasteiger partial charge in [0.1, 0.15) is 0 Å². The third kappa shape index (κ3) is 2.61. The molecule has 0 spiro atoms. The summed E-state index contributed by atoms with van der Waals surface area (Å²) in [6, 6.07) is 7.87. The molecule has 0 unspecified atom stereocenters. The molecule has 1 aromatic carbocycles. The highest BCUT2D eigenvalue weighted by Crippen LogP contribution is 2.28. The first-order valence-corrected chi connectivity index (χ1v) is 5.92. The maximum atomic E-state index is 5.68. The minimum absolute atomic E-state index is 0.0120. The molecule has 5 nitrogen and oxygen atoms in total. The van der Waals surface area contributed by atoms with Crippen LogP contribution < -0.4 is 17.2 Å². The topological polar surface area (TPSA) is 103 Å². The fourth-order valence-electron chi connectivity index (χ4n) is 1.50. The van der Waals surface area contributed by atoms with Crippen LogP contribution in [0.5, 0.6) is 0 Å². The number of aliphatic imine (C=N–C) groups is 1. The Bertz CT molecular complexity index is 542. The van der Waals surface area contributed by atoms with Crippen LogP contribution in [0.25, 0.3) is 11.3 Å². The van der Waals surface area contributed by atoms with Crippen LogP contribution in [0, 0.1) is 0 Å². The molecule has 2 rings (SSSR count). The highest BCUT2D eigenvalue weighted by molar-refractivity contribution is 7.13. The number of thiazole rings is 1. The van der Waals surface area contributed by atoms with Crippen molar-refractivity contribution in [1.29, 1.82) is 0 Å². The number of nitrogens with zero attached hydrogens (tertiary/aromatic N) is 2. The van der Waals surface area contributed by atoms with Crippen LogP contribution in [0.1, 0.15) is 5.56 Å². The van der Waals surface area contributed by atoms with Gasteiger partial charge in [-0.15, -0.1) is 11.3 Å². The summed E-state index contributed by atoms with van der Waals surface area (Å²) in [5.41, 5.74) is 19.2. The lowest BCUT2D eigenvalue weighted by Gasteiger charge is -2.03. The van der Waals surface area contributed by atoms with Crippen molar-refractivity contribution in [3.63, 3.8) is 0 Å². The Hall–Kier alpha value is -1.92. The molecule has 0 amide bonds. The van der Waals surface area contributed by atoms with E-state index >= 15 is 0 Å². The van der Waals surface area contributed by atoms with E-state index in [4.69, 9.17) is 17.2 Å². The van der Waals surface area contributed by atoms with Gasteiger partial charge < -0.3 is 17.2 Å². The second-order valence-corrected chi connectivity index (χ2v) is 4.25. The first-order valence-electron chi connectivity index (χ1n) is 5.04. The number of benzene rings is 1. The highest BCUT2D eigenvalue weighted by Gasteiger charge is 2.07. The molecule has 0 aliphatic heterocycles. The largest absolute Gasteiger partial charge is 0.370 e. The van der Waals surface area contributed by atoms with E-state index in [0.717, 1.165) is 16.8 Å². The maximum absolute atomic E-state index is 5.68. The van der Waals surface area contributed by atoms with Crippen molar-refractivity contribution in [2.24, 2.45) is 22.2 Å². The van der Waals surface area contributed by atoms with Gasteiger partial charge in [0.2, 0.25) is 5.13 Å². The lowest BCUT2D eigenvalue weighted by molar-refractivity contribution is 1.07. The second kappa shape index (κ2) is 4.94. The van der Waals surface area contributed by atoms with Crippen LogP contribution in [0.2, 0.25) is 0 Å². The molecular formula is C11H13N5S. The minimum atomic E-state index is 0.0120. The van der Waals surface area contributed by atoms with Crippen molar-refractivity contribution in [3.05, 3.63) is 35.2 Å². The number of rotatable bonds is 3. The fraction of sp³-hybridized carbons (Fsp3) is 0.0909. The van der Waals surface area contributed by atoms with E-state index in [1.54, 1.807) is 0 Å². The van der Waals surface area contributed by atoms with Gasteiger partial charge in [-0.25, -0.2) is 4.98 Å². The van der Waals surface area contributed by atoms with Gasteiger partial charge in [0.15, 0.2) is 5.96 Å². The van der Waals surface area contributed by atoms with Gasteiger partial charge in [-0.2, -0.15) is 4.99 Å². The summed E-state index contributed by atoms with van der Waals surface area (Å²) in [6.45, 7) is 0.478. The average molecular weight is 247 g/mol. The monoisotopic (exact) mass is 247 g/mol. The standard InChI is InChI=1S/C11H13N5S/c12-5-7-3-1-2-4-8(7)9-6-17-11(15-9)16-10(13)14/h1-4,6H,5,12H2,(H4,13,14,15,16). The van der Waals surface area contributed by atoms with Gasteiger partial charge in [0.05, 0.1) is 5.69 Å². The van der Waals surface area contributed by atoms with Crippen LogP contribution in [0.3, 0.4) is 0 Å². The first-order chi connectivity index (χ1) is 8.20. The van der Waals surface area contributed by atoms with E-state index in [1.807, 2.05) is 29.6 Å². The molecule has 0 aliphatic rings. The van der Waals surface area contributed by atoms with Gasteiger partial charge in [0.25, 0.3) is 0 Å². The zero-order valence-corrected chi connectivity index (χ0v) is 9.95. The van der Waals surface area contributed by atoms with Crippen molar-refractivity contribution >= 4 is 22.4 Å². The van der Waals surface area contributed by atoms with Crippen LogP contribution in [-0.2, 0) is 6.54 Å². The quantitative estimate of drug-likeness (QED) is 0.559. The average Bonchev–Trinajstić information content (AvgIpc) is 2.76.